The fourth-order valence-corrected chi connectivity index (χ4v) is 2.69. The number of nitrogen functional groups attached to an aromatic ring is 1. The first-order chi connectivity index (χ1) is 10.9. The second-order valence-electron chi connectivity index (χ2n) is 6.37. The Hall–Kier alpha value is -1.52. The van der Waals surface area contributed by atoms with Crippen LogP contribution in [0.5, 0.6) is 0 Å². The molecule has 0 aromatic heterocycles. The number of hydrogen-bond acceptors (Lipinski definition) is 2. The SMILES string of the molecule is CC(C)(CNC(=O)CCc1ccccc1N)c1ccc(Br)cc1.Cl. The first-order valence-electron chi connectivity index (χ1n) is 7.74. The van der Waals surface area contributed by atoms with E-state index in [0.717, 1.165) is 15.7 Å². The maximum absolute atomic E-state index is 12.1. The summed E-state index contributed by atoms with van der Waals surface area (Å²) in [5.41, 5.74) is 8.76. The topological polar surface area (TPSA) is 55.1 Å². The first kappa shape index (κ1) is 20.5. The minimum absolute atomic E-state index is 0. The predicted octanol–water partition coefficient (Wildman–Crippen LogP) is 4.48. The lowest BCUT2D eigenvalue weighted by Gasteiger charge is -2.25. The van der Waals surface area contributed by atoms with Crippen LogP contribution >= 0.6 is 28.3 Å². The van der Waals surface area contributed by atoms with Crippen LogP contribution in [-0.2, 0) is 16.6 Å². The zero-order valence-corrected chi connectivity index (χ0v) is 16.4. The predicted molar refractivity (Wildman–Crippen MR) is 107 cm³/mol. The average molecular weight is 412 g/mol. The van der Waals surface area contributed by atoms with Crippen LogP contribution in [-0.4, -0.2) is 12.5 Å². The third-order valence-corrected chi connectivity index (χ3v) is 4.56. The molecule has 3 nitrogen and oxygen atoms in total. The van der Waals surface area contributed by atoms with Crippen molar-refractivity contribution in [2.24, 2.45) is 0 Å². The molecule has 0 heterocycles. The molecular formula is C19H24BrClN2O. The van der Waals surface area contributed by atoms with E-state index in [4.69, 9.17) is 5.73 Å². The number of aryl methyl sites for hydroxylation is 1. The van der Waals surface area contributed by atoms with E-state index in [2.05, 4.69) is 47.2 Å². The number of hydrogen-bond donors (Lipinski definition) is 2. The summed E-state index contributed by atoms with van der Waals surface area (Å²) in [4.78, 5) is 12.1. The fourth-order valence-electron chi connectivity index (χ4n) is 2.42. The zero-order valence-electron chi connectivity index (χ0n) is 14.0. The molecule has 2 rings (SSSR count). The van der Waals surface area contributed by atoms with Gasteiger partial charge in [0.05, 0.1) is 0 Å². The fraction of sp³-hybridized carbons (Fsp3) is 0.316. The molecule has 0 unspecified atom stereocenters. The highest BCUT2D eigenvalue weighted by molar-refractivity contribution is 9.10. The molecule has 0 aliphatic carbocycles. The van der Waals surface area contributed by atoms with Gasteiger partial charge in [-0.05, 0) is 35.7 Å². The van der Waals surface area contributed by atoms with Crippen LogP contribution in [0.1, 0.15) is 31.4 Å². The molecule has 0 bridgehead atoms. The van der Waals surface area contributed by atoms with Crippen LogP contribution < -0.4 is 11.1 Å². The summed E-state index contributed by atoms with van der Waals surface area (Å²) < 4.78 is 1.06. The molecule has 0 saturated carbocycles. The Kier molecular flexibility index (Phi) is 7.77. The highest BCUT2D eigenvalue weighted by Gasteiger charge is 2.21. The smallest absolute Gasteiger partial charge is 0.220 e. The highest BCUT2D eigenvalue weighted by Crippen LogP contribution is 2.24. The molecule has 24 heavy (non-hydrogen) atoms. The number of nitrogens with one attached hydrogen (secondary N) is 1. The lowest BCUT2D eigenvalue weighted by atomic mass is 9.84. The van der Waals surface area contributed by atoms with Crippen molar-refractivity contribution in [2.75, 3.05) is 12.3 Å². The molecule has 0 fully saturated rings. The van der Waals surface area contributed by atoms with Crippen molar-refractivity contribution in [1.82, 2.24) is 5.32 Å². The maximum Gasteiger partial charge on any atom is 0.220 e. The van der Waals surface area contributed by atoms with Gasteiger partial charge in [-0.15, -0.1) is 12.4 Å². The number of rotatable bonds is 6. The molecule has 0 radical (unpaired) electrons. The van der Waals surface area contributed by atoms with E-state index in [0.29, 0.717) is 19.4 Å². The summed E-state index contributed by atoms with van der Waals surface area (Å²) in [5, 5.41) is 3.03. The van der Waals surface area contributed by atoms with Crippen molar-refractivity contribution in [3.05, 3.63) is 64.1 Å². The molecule has 1 amide bonds. The Bertz CT molecular complexity index is 671. The summed E-state index contributed by atoms with van der Waals surface area (Å²) in [5.74, 6) is 0.0541. The van der Waals surface area contributed by atoms with E-state index in [1.807, 2.05) is 36.4 Å². The molecule has 0 atom stereocenters. The van der Waals surface area contributed by atoms with E-state index in [-0.39, 0.29) is 23.7 Å². The Labute approximate surface area is 158 Å². The Morgan fingerprint density at radius 1 is 1.12 bits per heavy atom. The van der Waals surface area contributed by atoms with Gasteiger partial charge < -0.3 is 11.1 Å². The number of carbonyl (C=O) groups is 1. The van der Waals surface area contributed by atoms with E-state index in [9.17, 15) is 4.79 Å². The van der Waals surface area contributed by atoms with Crippen molar-refractivity contribution in [3.8, 4) is 0 Å². The van der Waals surface area contributed by atoms with Gasteiger partial charge >= 0.3 is 0 Å². The molecule has 0 aliphatic heterocycles. The summed E-state index contributed by atoms with van der Waals surface area (Å²) >= 11 is 3.44. The van der Waals surface area contributed by atoms with Crippen molar-refractivity contribution in [1.29, 1.82) is 0 Å². The van der Waals surface area contributed by atoms with Gasteiger partial charge in [0.15, 0.2) is 0 Å². The minimum Gasteiger partial charge on any atom is -0.399 e. The van der Waals surface area contributed by atoms with Crippen molar-refractivity contribution in [2.45, 2.75) is 32.1 Å². The molecule has 2 aromatic rings. The first-order valence-corrected chi connectivity index (χ1v) is 8.54. The molecule has 130 valence electrons. The summed E-state index contributed by atoms with van der Waals surface area (Å²) in [6.45, 7) is 4.87. The van der Waals surface area contributed by atoms with Gasteiger partial charge in [-0.25, -0.2) is 0 Å². The molecular weight excluding hydrogens is 388 g/mol. The quantitative estimate of drug-likeness (QED) is 0.689. The lowest BCUT2D eigenvalue weighted by Crippen LogP contribution is -2.36. The lowest BCUT2D eigenvalue weighted by molar-refractivity contribution is -0.121. The van der Waals surface area contributed by atoms with Crippen molar-refractivity contribution in [3.63, 3.8) is 0 Å². The normalized spacial score (nSPS) is 10.8. The van der Waals surface area contributed by atoms with E-state index >= 15 is 0 Å². The van der Waals surface area contributed by atoms with Crippen LogP contribution in [0.25, 0.3) is 0 Å². The zero-order chi connectivity index (χ0) is 16.9. The van der Waals surface area contributed by atoms with Crippen LogP contribution in [0, 0.1) is 0 Å². The number of halogens is 2. The third-order valence-electron chi connectivity index (χ3n) is 4.03. The van der Waals surface area contributed by atoms with Gasteiger partial charge in [-0.1, -0.05) is 60.1 Å². The third kappa shape index (κ3) is 5.84. The molecule has 2 aromatic carbocycles. The van der Waals surface area contributed by atoms with Crippen LogP contribution in [0.2, 0.25) is 0 Å². The van der Waals surface area contributed by atoms with E-state index in [1.54, 1.807) is 0 Å². The maximum atomic E-state index is 12.1. The van der Waals surface area contributed by atoms with E-state index in [1.165, 1.54) is 5.56 Å². The van der Waals surface area contributed by atoms with Crippen LogP contribution in [0.3, 0.4) is 0 Å². The number of carbonyl (C=O) groups excluding carboxylic acids is 1. The Balaban J connectivity index is 0.00000288. The van der Waals surface area contributed by atoms with Crippen LogP contribution in [0.4, 0.5) is 5.69 Å². The molecule has 3 N–H and O–H groups in total. The number of amides is 1. The molecule has 5 heteroatoms. The second kappa shape index (κ2) is 9.09. The number of nitrogens with two attached hydrogens (primary N) is 1. The Morgan fingerprint density at radius 2 is 1.75 bits per heavy atom. The summed E-state index contributed by atoms with van der Waals surface area (Å²) in [6, 6.07) is 15.9. The van der Waals surface area contributed by atoms with Gasteiger partial charge in [-0.3, -0.25) is 4.79 Å². The largest absolute Gasteiger partial charge is 0.399 e. The monoisotopic (exact) mass is 410 g/mol. The van der Waals surface area contributed by atoms with Crippen molar-refractivity contribution >= 4 is 39.9 Å². The van der Waals surface area contributed by atoms with Gasteiger partial charge in [0.2, 0.25) is 5.91 Å². The van der Waals surface area contributed by atoms with Crippen molar-refractivity contribution < 1.29 is 4.79 Å². The van der Waals surface area contributed by atoms with Crippen LogP contribution in [0.15, 0.2) is 53.0 Å². The molecule has 0 saturated heterocycles. The number of benzene rings is 2. The summed E-state index contributed by atoms with van der Waals surface area (Å²) in [7, 11) is 0. The minimum atomic E-state index is -0.109. The average Bonchev–Trinajstić information content (AvgIpc) is 2.53. The number of anilines is 1. The number of para-hydroxylation sites is 1. The van der Waals surface area contributed by atoms with Gasteiger partial charge in [-0.2, -0.15) is 0 Å². The van der Waals surface area contributed by atoms with Gasteiger partial charge in [0.25, 0.3) is 0 Å². The van der Waals surface area contributed by atoms with Gasteiger partial charge in [0.1, 0.15) is 0 Å². The van der Waals surface area contributed by atoms with E-state index < -0.39 is 0 Å². The van der Waals surface area contributed by atoms with Gasteiger partial charge in [0, 0.05) is 28.5 Å². The second-order valence-corrected chi connectivity index (χ2v) is 7.28. The molecule has 0 aliphatic rings. The molecule has 0 spiro atoms. The Morgan fingerprint density at radius 3 is 2.38 bits per heavy atom. The standard InChI is InChI=1S/C19H23BrN2O.ClH/c1-19(2,15-8-10-16(20)11-9-15)13-22-18(23)12-7-14-5-3-4-6-17(14)21;/h3-6,8-11H,7,12-13,21H2,1-2H3,(H,22,23);1H. The highest BCUT2D eigenvalue weighted by atomic mass is 79.9. The summed E-state index contributed by atoms with van der Waals surface area (Å²) in [6.07, 6.45) is 1.11.